The van der Waals surface area contributed by atoms with Gasteiger partial charge in [0.15, 0.2) is 11.5 Å². The number of benzene rings is 2. The average Bonchev–Trinajstić information content (AvgIpc) is 2.93. The van der Waals surface area contributed by atoms with Crippen molar-refractivity contribution >= 4 is 52.2 Å². The molecule has 2 amide bonds. The number of hydrogen-bond acceptors (Lipinski definition) is 6. The van der Waals surface area contributed by atoms with Crippen LogP contribution in [0.25, 0.3) is 6.08 Å². The molecule has 0 bridgehead atoms. The lowest BCUT2D eigenvalue weighted by Crippen LogP contribution is -2.32. The van der Waals surface area contributed by atoms with E-state index in [9.17, 15) is 14.7 Å². The van der Waals surface area contributed by atoms with Gasteiger partial charge in [-0.2, -0.15) is 0 Å². The van der Waals surface area contributed by atoms with Gasteiger partial charge in [0.05, 0.1) is 23.6 Å². The third-order valence-corrected chi connectivity index (χ3v) is 5.30. The Bertz CT molecular complexity index is 963. The van der Waals surface area contributed by atoms with Crippen molar-refractivity contribution in [1.29, 1.82) is 0 Å². The fourth-order valence-electron chi connectivity index (χ4n) is 2.50. The summed E-state index contributed by atoms with van der Waals surface area (Å²) in [4.78, 5) is 26.0. The number of para-hydroxylation sites is 1. The van der Waals surface area contributed by atoms with Crippen LogP contribution in [0.15, 0.2) is 41.3 Å². The van der Waals surface area contributed by atoms with E-state index < -0.39 is 11.1 Å². The van der Waals surface area contributed by atoms with Crippen molar-refractivity contribution in [2.45, 2.75) is 0 Å². The minimum Gasteiger partial charge on any atom is -0.504 e. The maximum absolute atomic E-state index is 12.6. The number of hydrogen-bond donors (Lipinski definition) is 1. The zero-order valence-electron chi connectivity index (χ0n) is 14.6. The van der Waals surface area contributed by atoms with Gasteiger partial charge in [0.2, 0.25) is 0 Å². The molecular weight excluding hydrogens is 425 g/mol. The quantitative estimate of drug-likeness (QED) is 0.649. The van der Waals surface area contributed by atoms with Crippen LogP contribution in [0.1, 0.15) is 5.56 Å². The molecular formula is C19H15Cl2NO5S. The first kappa shape index (κ1) is 20.4. The number of phenolic OH excluding ortho intramolecular Hbond substituents is 1. The van der Waals surface area contributed by atoms with Gasteiger partial charge >= 0.3 is 0 Å². The number of phenols is 1. The van der Waals surface area contributed by atoms with Gasteiger partial charge in [-0.15, -0.1) is 0 Å². The number of ether oxygens (including phenoxy) is 2. The van der Waals surface area contributed by atoms with Crippen LogP contribution in [-0.2, 0) is 4.79 Å². The van der Waals surface area contributed by atoms with Gasteiger partial charge in [-0.05, 0) is 36.0 Å². The van der Waals surface area contributed by atoms with Crippen LogP contribution in [0.3, 0.4) is 0 Å². The van der Waals surface area contributed by atoms with Crippen molar-refractivity contribution in [1.82, 2.24) is 4.90 Å². The first-order valence-corrected chi connectivity index (χ1v) is 9.67. The largest absolute Gasteiger partial charge is 0.504 e. The topological polar surface area (TPSA) is 76.1 Å². The predicted molar refractivity (Wildman–Crippen MR) is 109 cm³/mol. The molecule has 0 spiro atoms. The normalized spacial score (nSPS) is 15.4. The SMILES string of the molecule is COc1cc(Cl)cc(/C=C2\SC(=O)N(CCOc3ccccc3Cl)C2=O)c1O. The Morgan fingerprint density at radius 1 is 1.18 bits per heavy atom. The second kappa shape index (κ2) is 8.77. The zero-order chi connectivity index (χ0) is 20.3. The molecule has 1 saturated heterocycles. The summed E-state index contributed by atoms with van der Waals surface area (Å²) in [6.07, 6.45) is 1.41. The van der Waals surface area contributed by atoms with Crippen LogP contribution in [0.4, 0.5) is 4.79 Å². The molecule has 1 fully saturated rings. The second-order valence-electron chi connectivity index (χ2n) is 5.66. The number of halogens is 2. The number of carbonyl (C=O) groups is 2. The van der Waals surface area contributed by atoms with Crippen molar-refractivity contribution < 1.29 is 24.2 Å². The summed E-state index contributed by atoms with van der Waals surface area (Å²) in [5.41, 5.74) is 0.280. The van der Waals surface area contributed by atoms with Crippen LogP contribution >= 0.6 is 35.0 Å². The van der Waals surface area contributed by atoms with Crippen LogP contribution in [0, 0.1) is 0 Å². The van der Waals surface area contributed by atoms with Gasteiger partial charge in [0.1, 0.15) is 12.4 Å². The van der Waals surface area contributed by atoms with Gasteiger partial charge in [-0.1, -0.05) is 35.3 Å². The molecule has 6 nitrogen and oxygen atoms in total. The van der Waals surface area contributed by atoms with E-state index in [1.165, 1.54) is 25.3 Å². The number of methoxy groups -OCH3 is 1. The van der Waals surface area contributed by atoms with Crippen molar-refractivity contribution in [2.75, 3.05) is 20.3 Å². The number of nitrogens with zero attached hydrogens (tertiary/aromatic N) is 1. The van der Waals surface area contributed by atoms with Gasteiger partial charge in [-0.25, -0.2) is 0 Å². The van der Waals surface area contributed by atoms with Crippen LogP contribution in [0.5, 0.6) is 17.2 Å². The van der Waals surface area contributed by atoms with Crippen molar-refractivity contribution in [3.63, 3.8) is 0 Å². The second-order valence-corrected chi connectivity index (χ2v) is 7.49. The molecule has 0 unspecified atom stereocenters. The standard InChI is InChI=1S/C19H15Cl2NO5S/c1-26-15-10-12(20)8-11(17(15)23)9-16-18(24)22(19(25)28-16)6-7-27-14-5-3-2-4-13(14)21/h2-5,8-10,23H,6-7H2,1H3/b16-9-. The molecule has 0 saturated carbocycles. The first-order chi connectivity index (χ1) is 13.4. The molecule has 0 aromatic heterocycles. The summed E-state index contributed by atoms with van der Waals surface area (Å²) in [6, 6.07) is 9.86. The lowest BCUT2D eigenvalue weighted by Gasteiger charge is -2.13. The Hall–Kier alpha value is -2.35. The minimum absolute atomic E-state index is 0.0675. The highest BCUT2D eigenvalue weighted by molar-refractivity contribution is 8.18. The lowest BCUT2D eigenvalue weighted by molar-refractivity contribution is -0.123. The fraction of sp³-hybridized carbons (Fsp3) is 0.158. The maximum Gasteiger partial charge on any atom is 0.293 e. The molecule has 0 radical (unpaired) electrons. The summed E-state index contributed by atoms with van der Waals surface area (Å²) in [6.45, 7) is 0.170. The summed E-state index contributed by atoms with van der Waals surface area (Å²) in [5, 5.41) is 10.6. The molecule has 0 atom stereocenters. The molecule has 2 aromatic carbocycles. The number of thioether (sulfide) groups is 1. The van der Waals surface area contributed by atoms with E-state index in [2.05, 4.69) is 0 Å². The Kier molecular flexibility index (Phi) is 6.39. The molecule has 1 aliphatic rings. The molecule has 0 aliphatic carbocycles. The highest BCUT2D eigenvalue weighted by Gasteiger charge is 2.35. The smallest absolute Gasteiger partial charge is 0.293 e. The van der Waals surface area contributed by atoms with Gasteiger partial charge in [0, 0.05) is 16.7 Å². The molecule has 9 heteroatoms. The van der Waals surface area contributed by atoms with Crippen molar-refractivity contribution in [3.05, 3.63) is 56.9 Å². The number of aromatic hydroxyl groups is 1. The van der Waals surface area contributed by atoms with E-state index in [4.69, 9.17) is 32.7 Å². The Labute approximate surface area is 175 Å². The predicted octanol–water partition coefficient (Wildman–Crippen LogP) is 4.82. The van der Waals surface area contributed by atoms with E-state index in [1.54, 1.807) is 24.3 Å². The number of carbonyl (C=O) groups excluding carboxylic acids is 2. The van der Waals surface area contributed by atoms with Gasteiger partial charge in [0.25, 0.3) is 11.1 Å². The maximum atomic E-state index is 12.6. The first-order valence-electron chi connectivity index (χ1n) is 8.10. The van der Waals surface area contributed by atoms with Crippen molar-refractivity contribution in [3.8, 4) is 17.2 Å². The summed E-state index contributed by atoms with van der Waals surface area (Å²) in [7, 11) is 1.39. The molecule has 28 heavy (non-hydrogen) atoms. The highest BCUT2D eigenvalue weighted by atomic mass is 35.5. The molecule has 146 valence electrons. The minimum atomic E-state index is -0.476. The Morgan fingerprint density at radius 2 is 1.93 bits per heavy atom. The molecule has 1 N–H and O–H groups in total. The van der Waals surface area contributed by atoms with E-state index >= 15 is 0 Å². The highest BCUT2D eigenvalue weighted by Crippen LogP contribution is 2.38. The van der Waals surface area contributed by atoms with E-state index in [0.717, 1.165) is 16.7 Å². The summed E-state index contributed by atoms with van der Waals surface area (Å²) < 4.78 is 10.6. The summed E-state index contributed by atoms with van der Waals surface area (Å²) in [5.74, 6) is 0.00518. The third kappa shape index (κ3) is 4.38. The fourth-order valence-corrected chi connectivity index (χ4v) is 3.77. The van der Waals surface area contributed by atoms with Crippen LogP contribution in [0.2, 0.25) is 10.0 Å². The lowest BCUT2D eigenvalue weighted by atomic mass is 10.1. The van der Waals surface area contributed by atoms with Crippen LogP contribution in [-0.4, -0.2) is 41.4 Å². The van der Waals surface area contributed by atoms with Gasteiger partial charge < -0.3 is 14.6 Å². The zero-order valence-corrected chi connectivity index (χ0v) is 17.0. The summed E-state index contributed by atoms with van der Waals surface area (Å²) >= 11 is 12.8. The van der Waals surface area contributed by atoms with E-state index in [1.807, 2.05) is 0 Å². The number of rotatable bonds is 6. The van der Waals surface area contributed by atoms with Crippen LogP contribution < -0.4 is 9.47 Å². The molecule has 3 rings (SSSR count). The number of amides is 2. The molecule has 1 aliphatic heterocycles. The molecule has 1 heterocycles. The third-order valence-electron chi connectivity index (χ3n) is 3.86. The number of imide groups is 1. The van der Waals surface area contributed by atoms with Gasteiger partial charge in [-0.3, -0.25) is 14.5 Å². The monoisotopic (exact) mass is 439 g/mol. The Morgan fingerprint density at radius 3 is 2.64 bits per heavy atom. The molecule has 2 aromatic rings. The van der Waals surface area contributed by atoms with E-state index in [0.29, 0.717) is 15.8 Å². The van der Waals surface area contributed by atoms with Crippen molar-refractivity contribution in [2.24, 2.45) is 0 Å². The Balaban J connectivity index is 1.72. The van der Waals surface area contributed by atoms with E-state index in [-0.39, 0.29) is 35.1 Å². The average molecular weight is 440 g/mol.